The maximum Gasteiger partial charge on any atom is 0.315 e. The van der Waals surface area contributed by atoms with E-state index in [-0.39, 0.29) is 16.8 Å². The number of anilines is 2. The molecule has 1 aliphatic rings. The summed E-state index contributed by atoms with van der Waals surface area (Å²) in [7, 11) is 0. The van der Waals surface area contributed by atoms with Crippen molar-refractivity contribution < 1.29 is 18.4 Å². The van der Waals surface area contributed by atoms with Crippen molar-refractivity contribution in [1.29, 1.82) is 0 Å². The van der Waals surface area contributed by atoms with E-state index in [0.29, 0.717) is 5.82 Å². The molecule has 6 nitrogen and oxygen atoms in total. The molecule has 1 aliphatic heterocycles. The second-order valence-corrected chi connectivity index (χ2v) is 6.43. The van der Waals surface area contributed by atoms with E-state index in [1.165, 1.54) is 30.3 Å². The molecule has 0 bridgehead atoms. The van der Waals surface area contributed by atoms with Crippen molar-refractivity contribution >= 4 is 23.3 Å². The Morgan fingerprint density at radius 1 is 0.964 bits per heavy atom. The highest BCUT2D eigenvalue weighted by atomic mass is 19.1. The zero-order chi connectivity index (χ0) is 19.7. The minimum Gasteiger partial charge on any atom is -0.318 e. The van der Waals surface area contributed by atoms with Crippen molar-refractivity contribution in [2.24, 2.45) is 0 Å². The lowest BCUT2D eigenvalue weighted by atomic mass is 10.0. The van der Waals surface area contributed by atoms with Gasteiger partial charge in [-0.05, 0) is 42.7 Å². The van der Waals surface area contributed by atoms with Crippen LogP contribution >= 0.6 is 0 Å². The van der Waals surface area contributed by atoms with Crippen LogP contribution in [0.15, 0.2) is 48.5 Å². The number of rotatable bonds is 3. The van der Waals surface area contributed by atoms with Gasteiger partial charge in [0, 0.05) is 24.0 Å². The third-order valence-corrected chi connectivity index (χ3v) is 4.49. The Hall–Kier alpha value is -3.55. The lowest BCUT2D eigenvalue weighted by Gasteiger charge is -2.09. The zero-order valence-electron chi connectivity index (χ0n) is 14.7. The van der Waals surface area contributed by atoms with Crippen LogP contribution in [0.1, 0.15) is 12.1 Å². The summed E-state index contributed by atoms with van der Waals surface area (Å²) in [5.41, 5.74) is 1.30. The predicted molar refractivity (Wildman–Crippen MR) is 99.6 cm³/mol. The summed E-state index contributed by atoms with van der Waals surface area (Å²) in [6.45, 7) is 0.788. The van der Waals surface area contributed by atoms with E-state index >= 15 is 0 Å². The summed E-state index contributed by atoms with van der Waals surface area (Å²) in [6.07, 6.45) is 1.89. The highest BCUT2D eigenvalue weighted by Gasteiger charge is 2.19. The standard InChI is InChI=1S/C20H16F2N4O2/c21-15-7-2-8-16(22)18(15)12-4-1-5-13(10-12)23-19(27)20(28)24-17-11-14-6-3-9-26(14)25-17/h1-2,4-5,7-8,10-11H,3,6,9H2,(H,23,27)(H,24,25,28). The summed E-state index contributed by atoms with van der Waals surface area (Å²) < 4.78 is 29.7. The molecule has 0 saturated carbocycles. The van der Waals surface area contributed by atoms with E-state index in [4.69, 9.17) is 0 Å². The first-order valence-electron chi connectivity index (χ1n) is 8.75. The lowest BCUT2D eigenvalue weighted by Crippen LogP contribution is -2.29. The highest BCUT2D eigenvalue weighted by Crippen LogP contribution is 2.28. The van der Waals surface area contributed by atoms with Gasteiger partial charge in [0.15, 0.2) is 5.82 Å². The number of fused-ring (bicyclic) bond motifs is 1. The molecule has 0 aliphatic carbocycles. The number of hydrogen-bond acceptors (Lipinski definition) is 3. The zero-order valence-corrected chi connectivity index (χ0v) is 14.7. The Kier molecular flexibility index (Phi) is 4.60. The van der Waals surface area contributed by atoms with E-state index in [9.17, 15) is 18.4 Å². The minimum atomic E-state index is -0.903. The third kappa shape index (κ3) is 3.48. The first kappa shape index (κ1) is 17.8. The van der Waals surface area contributed by atoms with E-state index in [1.54, 1.807) is 10.7 Å². The van der Waals surface area contributed by atoms with Gasteiger partial charge in [0.2, 0.25) is 0 Å². The summed E-state index contributed by atoms with van der Waals surface area (Å²) in [6, 6.07) is 11.3. The fraction of sp³-hybridized carbons (Fsp3) is 0.150. The second kappa shape index (κ2) is 7.22. The van der Waals surface area contributed by atoms with Gasteiger partial charge in [-0.2, -0.15) is 5.10 Å². The molecule has 2 amide bonds. The summed E-state index contributed by atoms with van der Waals surface area (Å²) in [5.74, 6) is -2.89. The van der Waals surface area contributed by atoms with Crippen LogP contribution in [0.3, 0.4) is 0 Å². The maximum absolute atomic E-state index is 14.0. The molecule has 0 fully saturated rings. The van der Waals surface area contributed by atoms with Crippen LogP contribution in [-0.2, 0) is 22.6 Å². The molecule has 2 aromatic carbocycles. The Morgan fingerprint density at radius 2 is 1.68 bits per heavy atom. The van der Waals surface area contributed by atoms with Gasteiger partial charge in [-0.1, -0.05) is 18.2 Å². The lowest BCUT2D eigenvalue weighted by molar-refractivity contribution is -0.133. The van der Waals surface area contributed by atoms with E-state index in [1.807, 2.05) is 0 Å². The van der Waals surface area contributed by atoms with Crippen molar-refractivity contribution in [2.75, 3.05) is 10.6 Å². The van der Waals surface area contributed by atoms with Crippen LogP contribution in [0.25, 0.3) is 11.1 Å². The van der Waals surface area contributed by atoms with Gasteiger partial charge in [-0.25, -0.2) is 8.78 Å². The Morgan fingerprint density at radius 3 is 2.43 bits per heavy atom. The molecule has 0 unspecified atom stereocenters. The maximum atomic E-state index is 14.0. The van der Waals surface area contributed by atoms with Crippen molar-refractivity contribution in [3.8, 4) is 11.1 Å². The number of nitrogens with zero attached hydrogens (tertiary/aromatic N) is 2. The molecule has 0 saturated heterocycles. The fourth-order valence-corrected chi connectivity index (χ4v) is 3.21. The molecule has 1 aromatic heterocycles. The van der Waals surface area contributed by atoms with Gasteiger partial charge in [-0.3, -0.25) is 14.3 Å². The summed E-state index contributed by atoms with van der Waals surface area (Å²) in [5, 5.41) is 9.10. The number of halogens is 2. The van der Waals surface area contributed by atoms with Crippen LogP contribution in [0, 0.1) is 11.6 Å². The monoisotopic (exact) mass is 382 g/mol. The Balaban J connectivity index is 1.47. The minimum absolute atomic E-state index is 0.199. The van der Waals surface area contributed by atoms with Crippen LogP contribution in [0.4, 0.5) is 20.3 Å². The summed E-state index contributed by atoms with van der Waals surface area (Å²) >= 11 is 0. The first-order valence-corrected chi connectivity index (χ1v) is 8.75. The fourth-order valence-electron chi connectivity index (χ4n) is 3.21. The second-order valence-electron chi connectivity index (χ2n) is 6.43. The number of carbonyl (C=O) groups excluding carboxylic acids is 2. The molecule has 2 N–H and O–H groups in total. The SMILES string of the molecule is O=C(Nc1cccc(-c2c(F)cccc2F)c1)C(=O)Nc1cc2n(n1)CCC2. The molecule has 3 aromatic rings. The van der Waals surface area contributed by atoms with Gasteiger partial charge in [0.1, 0.15) is 11.6 Å². The average molecular weight is 382 g/mol. The average Bonchev–Trinajstić information content (AvgIpc) is 3.23. The smallest absolute Gasteiger partial charge is 0.315 e. The molecular weight excluding hydrogens is 366 g/mol. The normalized spacial score (nSPS) is 12.5. The molecule has 4 rings (SSSR count). The molecule has 0 atom stereocenters. The molecular formula is C20H16F2N4O2. The molecule has 0 radical (unpaired) electrons. The van der Waals surface area contributed by atoms with E-state index in [2.05, 4.69) is 15.7 Å². The van der Waals surface area contributed by atoms with Crippen molar-refractivity contribution in [1.82, 2.24) is 9.78 Å². The first-order chi connectivity index (χ1) is 13.5. The van der Waals surface area contributed by atoms with Gasteiger partial charge in [-0.15, -0.1) is 0 Å². The number of hydrogen-bond donors (Lipinski definition) is 2. The largest absolute Gasteiger partial charge is 0.318 e. The predicted octanol–water partition coefficient (Wildman–Crippen LogP) is 3.35. The van der Waals surface area contributed by atoms with E-state index < -0.39 is 23.4 Å². The van der Waals surface area contributed by atoms with Crippen molar-refractivity contribution in [3.63, 3.8) is 0 Å². The van der Waals surface area contributed by atoms with Crippen molar-refractivity contribution in [2.45, 2.75) is 19.4 Å². The van der Waals surface area contributed by atoms with Gasteiger partial charge in [0.05, 0.1) is 5.56 Å². The Bertz CT molecular complexity index is 1040. The molecule has 142 valence electrons. The van der Waals surface area contributed by atoms with Crippen LogP contribution in [0.2, 0.25) is 0 Å². The van der Waals surface area contributed by atoms with Crippen molar-refractivity contribution in [3.05, 3.63) is 65.9 Å². The van der Waals surface area contributed by atoms with E-state index in [0.717, 1.165) is 37.2 Å². The molecule has 8 heteroatoms. The van der Waals surface area contributed by atoms with Crippen LogP contribution in [-0.4, -0.2) is 21.6 Å². The molecule has 2 heterocycles. The molecule has 0 spiro atoms. The molecule has 28 heavy (non-hydrogen) atoms. The van der Waals surface area contributed by atoms with Crippen LogP contribution < -0.4 is 10.6 Å². The number of nitrogens with one attached hydrogen (secondary N) is 2. The highest BCUT2D eigenvalue weighted by molar-refractivity contribution is 6.43. The van der Waals surface area contributed by atoms with Gasteiger partial charge >= 0.3 is 11.8 Å². The topological polar surface area (TPSA) is 76.0 Å². The Labute approximate surface area is 159 Å². The summed E-state index contributed by atoms with van der Waals surface area (Å²) in [4.78, 5) is 24.3. The quantitative estimate of drug-likeness (QED) is 0.682. The number of carbonyl (C=O) groups is 2. The third-order valence-electron chi connectivity index (χ3n) is 4.49. The number of aromatic nitrogens is 2. The number of aryl methyl sites for hydroxylation is 2. The van der Waals surface area contributed by atoms with Gasteiger partial charge < -0.3 is 10.6 Å². The van der Waals surface area contributed by atoms with Gasteiger partial charge in [0.25, 0.3) is 0 Å². The number of benzene rings is 2. The van der Waals surface area contributed by atoms with Crippen LogP contribution in [0.5, 0.6) is 0 Å². The number of amides is 2.